The first-order chi connectivity index (χ1) is 13.1. The van der Waals surface area contributed by atoms with Gasteiger partial charge in [-0.2, -0.15) is 0 Å². The van der Waals surface area contributed by atoms with Crippen molar-refractivity contribution in [1.29, 1.82) is 0 Å². The molecule has 0 atom stereocenters. The predicted molar refractivity (Wildman–Crippen MR) is 106 cm³/mol. The minimum Gasteiger partial charge on any atom is -0.494 e. The highest BCUT2D eigenvalue weighted by atomic mass is 16.5. The molecule has 0 amide bonds. The van der Waals surface area contributed by atoms with Gasteiger partial charge >= 0.3 is 0 Å². The molecule has 3 N–H and O–H groups in total. The molecule has 3 rings (SSSR count). The van der Waals surface area contributed by atoms with E-state index < -0.39 is 0 Å². The summed E-state index contributed by atoms with van der Waals surface area (Å²) >= 11 is 0. The van der Waals surface area contributed by atoms with E-state index in [0.717, 1.165) is 17.0 Å². The molecule has 0 spiro atoms. The summed E-state index contributed by atoms with van der Waals surface area (Å²) < 4.78 is 16.1. The number of aromatic nitrogens is 2. The van der Waals surface area contributed by atoms with E-state index in [4.69, 9.17) is 19.9 Å². The fraction of sp³-hybridized carbons (Fsp3) is 0.200. The first kappa shape index (κ1) is 18.3. The van der Waals surface area contributed by atoms with Crippen molar-refractivity contribution in [3.8, 4) is 28.6 Å². The van der Waals surface area contributed by atoms with E-state index in [1.54, 1.807) is 26.4 Å². The quantitative estimate of drug-likeness (QED) is 0.655. The van der Waals surface area contributed by atoms with E-state index in [0.29, 0.717) is 35.6 Å². The third-order valence-corrected chi connectivity index (χ3v) is 3.83. The number of nitrogens with two attached hydrogens (primary N) is 1. The number of rotatable bonds is 7. The van der Waals surface area contributed by atoms with Gasteiger partial charge in [-0.3, -0.25) is 0 Å². The molecule has 0 saturated heterocycles. The maximum absolute atomic E-state index is 5.97. The van der Waals surface area contributed by atoms with Crippen LogP contribution in [-0.4, -0.2) is 30.8 Å². The Hall–Kier alpha value is -3.48. The summed E-state index contributed by atoms with van der Waals surface area (Å²) in [5, 5.41) is 3.23. The van der Waals surface area contributed by atoms with Crippen LogP contribution < -0.4 is 25.3 Å². The molecule has 1 heterocycles. The largest absolute Gasteiger partial charge is 0.494 e. The number of anilines is 3. The molecule has 0 aliphatic heterocycles. The van der Waals surface area contributed by atoms with Gasteiger partial charge in [-0.05, 0) is 49.4 Å². The Bertz CT molecular complexity index is 914. The highest BCUT2D eigenvalue weighted by Gasteiger charge is 2.10. The van der Waals surface area contributed by atoms with Crippen LogP contribution in [0.2, 0.25) is 0 Å². The van der Waals surface area contributed by atoms with E-state index in [-0.39, 0.29) is 0 Å². The summed E-state index contributed by atoms with van der Waals surface area (Å²) in [5.41, 5.74) is 7.62. The second kappa shape index (κ2) is 8.27. The van der Waals surface area contributed by atoms with Gasteiger partial charge < -0.3 is 25.3 Å². The van der Waals surface area contributed by atoms with Gasteiger partial charge in [-0.1, -0.05) is 0 Å². The van der Waals surface area contributed by atoms with Crippen LogP contribution in [0.25, 0.3) is 11.4 Å². The van der Waals surface area contributed by atoms with Crippen LogP contribution in [0.15, 0.2) is 48.5 Å². The van der Waals surface area contributed by atoms with E-state index in [1.807, 2.05) is 43.3 Å². The van der Waals surface area contributed by atoms with E-state index in [1.165, 1.54) is 0 Å². The molecule has 0 unspecified atom stereocenters. The summed E-state index contributed by atoms with van der Waals surface area (Å²) in [6, 6.07) is 14.8. The molecule has 3 aromatic rings. The molecule has 1 aromatic heterocycles. The first-order valence-corrected chi connectivity index (χ1v) is 8.49. The highest BCUT2D eigenvalue weighted by molar-refractivity contribution is 5.66. The van der Waals surface area contributed by atoms with Crippen molar-refractivity contribution in [1.82, 2.24) is 9.97 Å². The van der Waals surface area contributed by atoms with Crippen molar-refractivity contribution in [2.24, 2.45) is 0 Å². The third kappa shape index (κ3) is 4.38. The zero-order valence-corrected chi connectivity index (χ0v) is 15.5. The predicted octanol–water partition coefficient (Wildman–Crippen LogP) is 3.89. The maximum Gasteiger partial charge on any atom is 0.163 e. The Balaban J connectivity index is 1.88. The number of nitrogens with one attached hydrogen (secondary N) is 1. The number of nitrogens with zero attached hydrogens (tertiary/aromatic N) is 2. The van der Waals surface area contributed by atoms with Crippen LogP contribution in [0.4, 0.5) is 17.3 Å². The summed E-state index contributed by atoms with van der Waals surface area (Å²) in [6.45, 7) is 2.58. The molecule has 27 heavy (non-hydrogen) atoms. The zero-order valence-electron chi connectivity index (χ0n) is 15.5. The van der Waals surface area contributed by atoms with Gasteiger partial charge in [0.1, 0.15) is 17.4 Å². The summed E-state index contributed by atoms with van der Waals surface area (Å²) in [6.07, 6.45) is 0. The van der Waals surface area contributed by atoms with Crippen LogP contribution in [0.3, 0.4) is 0 Å². The monoisotopic (exact) mass is 366 g/mol. The molecular weight excluding hydrogens is 344 g/mol. The number of hydrogen-bond donors (Lipinski definition) is 2. The lowest BCUT2D eigenvalue weighted by Gasteiger charge is -2.11. The Morgan fingerprint density at radius 2 is 1.67 bits per heavy atom. The molecule has 2 aromatic carbocycles. The van der Waals surface area contributed by atoms with Gasteiger partial charge in [-0.25, -0.2) is 9.97 Å². The number of nitrogen functional groups attached to an aromatic ring is 1. The Kier molecular flexibility index (Phi) is 5.61. The maximum atomic E-state index is 5.97. The average Bonchev–Trinajstić information content (AvgIpc) is 2.68. The van der Waals surface area contributed by atoms with E-state index in [9.17, 15) is 0 Å². The second-order valence-electron chi connectivity index (χ2n) is 5.65. The minimum absolute atomic E-state index is 0.364. The standard InChI is InChI=1S/C20H22N4O3/c1-4-27-15-8-6-14(7-9-15)22-19-12-18(21)23-20(24-19)13-5-10-16(25-2)17(11-13)26-3/h5-12H,4H2,1-3H3,(H3,21,22,23,24). The van der Waals surface area contributed by atoms with Gasteiger partial charge in [0.15, 0.2) is 17.3 Å². The lowest BCUT2D eigenvalue weighted by molar-refractivity contribution is 0.340. The summed E-state index contributed by atoms with van der Waals surface area (Å²) in [4.78, 5) is 8.88. The smallest absolute Gasteiger partial charge is 0.163 e. The fourth-order valence-corrected chi connectivity index (χ4v) is 2.58. The Morgan fingerprint density at radius 3 is 2.33 bits per heavy atom. The second-order valence-corrected chi connectivity index (χ2v) is 5.65. The Morgan fingerprint density at radius 1 is 0.926 bits per heavy atom. The van der Waals surface area contributed by atoms with Crippen molar-refractivity contribution in [3.05, 3.63) is 48.5 Å². The van der Waals surface area contributed by atoms with Gasteiger partial charge in [0.05, 0.1) is 20.8 Å². The van der Waals surface area contributed by atoms with Crippen LogP contribution in [0.5, 0.6) is 17.2 Å². The van der Waals surface area contributed by atoms with Crippen molar-refractivity contribution >= 4 is 17.3 Å². The van der Waals surface area contributed by atoms with Crippen molar-refractivity contribution in [2.75, 3.05) is 31.9 Å². The molecule has 140 valence electrons. The molecule has 0 bridgehead atoms. The van der Waals surface area contributed by atoms with Crippen molar-refractivity contribution in [3.63, 3.8) is 0 Å². The number of ether oxygens (including phenoxy) is 3. The fourth-order valence-electron chi connectivity index (χ4n) is 2.58. The van der Waals surface area contributed by atoms with Crippen LogP contribution in [-0.2, 0) is 0 Å². The lowest BCUT2D eigenvalue weighted by atomic mass is 10.2. The number of hydrogen-bond acceptors (Lipinski definition) is 7. The first-order valence-electron chi connectivity index (χ1n) is 8.49. The SMILES string of the molecule is CCOc1ccc(Nc2cc(N)nc(-c3ccc(OC)c(OC)c3)n2)cc1. The van der Waals surface area contributed by atoms with Crippen LogP contribution >= 0.6 is 0 Å². The molecule has 0 aliphatic rings. The van der Waals surface area contributed by atoms with Gasteiger partial charge in [-0.15, -0.1) is 0 Å². The van der Waals surface area contributed by atoms with Crippen LogP contribution in [0.1, 0.15) is 6.92 Å². The third-order valence-electron chi connectivity index (χ3n) is 3.83. The van der Waals surface area contributed by atoms with Gasteiger partial charge in [0.25, 0.3) is 0 Å². The zero-order chi connectivity index (χ0) is 19.2. The number of methoxy groups -OCH3 is 2. The normalized spacial score (nSPS) is 10.3. The molecular formula is C20H22N4O3. The highest BCUT2D eigenvalue weighted by Crippen LogP contribution is 2.32. The molecule has 0 saturated carbocycles. The molecule has 7 nitrogen and oxygen atoms in total. The van der Waals surface area contributed by atoms with E-state index in [2.05, 4.69) is 15.3 Å². The van der Waals surface area contributed by atoms with Gasteiger partial charge in [0, 0.05) is 17.3 Å². The van der Waals surface area contributed by atoms with E-state index >= 15 is 0 Å². The topological polar surface area (TPSA) is 91.5 Å². The molecule has 7 heteroatoms. The average molecular weight is 366 g/mol. The lowest BCUT2D eigenvalue weighted by Crippen LogP contribution is -2.01. The number of benzene rings is 2. The Labute approximate surface area is 158 Å². The molecule has 0 radical (unpaired) electrons. The van der Waals surface area contributed by atoms with Crippen molar-refractivity contribution in [2.45, 2.75) is 6.92 Å². The molecule has 0 aliphatic carbocycles. The summed E-state index contributed by atoms with van der Waals surface area (Å²) in [5.74, 6) is 3.50. The minimum atomic E-state index is 0.364. The van der Waals surface area contributed by atoms with Gasteiger partial charge in [0.2, 0.25) is 0 Å². The summed E-state index contributed by atoms with van der Waals surface area (Å²) in [7, 11) is 3.17. The molecule has 0 fully saturated rings. The van der Waals surface area contributed by atoms with Crippen LogP contribution in [0, 0.1) is 0 Å². The van der Waals surface area contributed by atoms with Crippen molar-refractivity contribution < 1.29 is 14.2 Å².